The molecule has 0 aliphatic heterocycles. The van der Waals surface area contributed by atoms with Crippen LogP contribution in [0.1, 0.15) is 17.3 Å². The third kappa shape index (κ3) is 3.63. The molecule has 1 aromatic heterocycles. The Morgan fingerprint density at radius 3 is 2.94 bits per heavy atom. The number of methoxy groups -OCH3 is 1. The lowest BCUT2D eigenvalue weighted by Crippen LogP contribution is -2.34. The maximum Gasteiger partial charge on any atom is 0.307 e. The molecule has 0 aromatic carbocycles. The molecule has 88 valence electrons. The van der Waals surface area contributed by atoms with Crippen molar-refractivity contribution in [3.63, 3.8) is 0 Å². The monoisotopic (exact) mass is 242 g/mol. The average molecular weight is 242 g/mol. The van der Waals surface area contributed by atoms with Crippen molar-refractivity contribution in [1.82, 2.24) is 5.32 Å². The van der Waals surface area contributed by atoms with Gasteiger partial charge < -0.3 is 15.8 Å². The minimum atomic E-state index is -0.669. The van der Waals surface area contributed by atoms with Crippen LogP contribution in [0.4, 0.5) is 0 Å². The van der Waals surface area contributed by atoms with Gasteiger partial charge in [0.1, 0.15) is 6.04 Å². The SMILES string of the molecule is COC(=O)CCNC(=O)C(N)c1cccs1. The lowest BCUT2D eigenvalue weighted by molar-refractivity contribution is -0.140. The Balaban J connectivity index is 2.33. The molecule has 1 atom stereocenters. The number of esters is 1. The van der Waals surface area contributed by atoms with E-state index >= 15 is 0 Å². The maximum absolute atomic E-state index is 11.5. The largest absolute Gasteiger partial charge is 0.469 e. The van der Waals surface area contributed by atoms with Gasteiger partial charge in [-0.15, -0.1) is 11.3 Å². The fourth-order valence-corrected chi connectivity index (χ4v) is 1.82. The van der Waals surface area contributed by atoms with Crippen molar-refractivity contribution in [2.24, 2.45) is 5.73 Å². The first-order valence-corrected chi connectivity index (χ1v) is 5.66. The predicted octanol–water partition coefficient (Wildman–Crippen LogP) is 0.427. The number of amides is 1. The van der Waals surface area contributed by atoms with Crippen molar-refractivity contribution in [2.45, 2.75) is 12.5 Å². The number of thiophene rings is 1. The molecule has 0 bridgehead atoms. The van der Waals surface area contributed by atoms with Gasteiger partial charge in [-0.2, -0.15) is 0 Å². The molecular formula is C10H14N2O3S. The summed E-state index contributed by atoms with van der Waals surface area (Å²) in [4.78, 5) is 23.1. The molecule has 0 radical (unpaired) electrons. The normalized spacial score (nSPS) is 11.9. The summed E-state index contributed by atoms with van der Waals surface area (Å²) in [6.07, 6.45) is 0.152. The zero-order chi connectivity index (χ0) is 12.0. The number of carbonyl (C=O) groups is 2. The highest BCUT2D eigenvalue weighted by Gasteiger charge is 2.16. The Kier molecular flexibility index (Phi) is 4.94. The number of nitrogens with two attached hydrogens (primary N) is 1. The van der Waals surface area contributed by atoms with Crippen molar-refractivity contribution in [2.75, 3.05) is 13.7 Å². The molecular weight excluding hydrogens is 228 g/mol. The van der Waals surface area contributed by atoms with Crippen LogP contribution in [0.2, 0.25) is 0 Å². The third-order valence-corrected chi connectivity index (χ3v) is 2.94. The fourth-order valence-electron chi connectivity index (χ4n) is 1.10. The van der Waals surface area contributed by atoms with Gasteiger partial charge in [-0.1, -0.05) is 6.07 Å². The Labute approximate surface area is 97.6 Å². The van der Waals surface area contributed by atoms with Crippen LogP contribution in [0.5, 0.6) is 0 Å². The maximum atomic E-state index is 11.5. The molecule has 1 rings (SSSR count). The second kappa shape index (κ2) is 6.24. The zero-order valence-corrected chi connectivity index (χ0v) is 9.75. The Morgan fingerprint density at radius 2 is 2.38 bits per heavy atom. The molecule has 0 aliphatic carbocycles. The van der Waals surface area contributed by atoms with Crippen molar-refractivity contribution in [3.8, 4) is 0 Å². The molecule has 0 saturated carbocycles. The molecule has 5 nitrogen and oxygen atoms in total. The highest BCUT2D eigenvalue weighted by atomic mass is 32.1. The van der Waals surface area contributed by atoms with Crippen molar-refractivity contribution < 1.29 is 14.3 Å². The first-order chi connectivity index (χ1) is 7.65. The van der Waals surface area contributed by atoms with E-state index in [2.05, 4.69) is 10.1 Å². The predicted molar refractivity (Wildman–Crippen MR) is 60.9 cm³/mol. The summed E-state index contributed by atoms with van der Waals surface area (Å²) in [7, 11) is 1.31. The number of rotatable bonds is 5. The quantitative estimate of drug-likeness (QED) is 0.733. The summed E-state index contributed by atoms with van der Waals surface area (Å²) in [5, 5.41) is 4.44. The molecule has 1 aromatic rings. The summed E-state index contributed by atoms with van der Waals surface area (Å²) in [6, 6.07) is 2.97. The Hall–Kier alpha value is -1.40. The molecule has 1 unspecified atom stereocenters. The number of ether oxygens (including phenoxy) is 1. The molecule has 6 heteroatoms. The second-order valence-electron chi connectivity index (χ2n) is 3.11. The molecule has 16 heavy (non-hydrogen) atoms. The summed E-state index contributed by atoms with van der Waals surface area (Å²) < 4.78 is 4.45. The lowest BCUT2D eigenvalue weighted by Gasteiger charge is -2.09. The minimum Gasteiger partial charge on any atom is -0.469 e. The summed E-state index contributed by atoms with van der Waals surface area (Å²) in [5.74, 6) is -0.642. The fraction of sp³-hybridized carbons (Fsp3) is 0.400. The highest BCUT2D eigenvalue weighted by Crippen LogP contribution is 2.16. The van der Waals surface area contributed by atoms with Crippen molar-refractivity contribution in [1.29, 1.82) is 0 Å². The van der Waals surface area contributed by atoms with E-state index in [1.54, 1.807) is 6.07 Å². The van der Waals surface area contributed by atoms with E-state index in [-0.39, 0.29) is 24.8 Å². The van der Waals surface area contributed by atoms with Gasteiger partial charge in [0.15, 0.2) is 0 Å². The Morgan fingerprint density at radius 1 is 1.62 bits per heavy atom. The van der Waals surface area contributed by atoms with Crippen LogP contribution in [0.25, 0.3) is 0 Å². The van der Waals surface area contributed by atoms with Crippen LogP contribution in [0.15, 0.2) is 17.5 Å². The van der Waals surface area contributed by atoms with Gasteiger partial charge in [0.05, 0.1) is 13.5 Å². The molecule has 0 fully saturated rings. The van der Waals surface area contributed by atoms with E-state index in [9.17, 15) is 9.59 Å². The van der Waals surface area contributed by atoms with Gasteiger partial charge in [0.25, 0.3) is 0 Å². The number of nitrogens with one attached hydrogen (secondary N) is 1. The molecule has 1 heterocycles. The number of carbonyl (C=O) groups excluding carboxylic acids is 2. The smallest absolute Gasteiger partial charge is 0.307 e. The van der Waals surface area contributed by atoms with E-state index in [1.807, 2.05) is 11.4 Å². The van der Waals surface area contributed by atoms with Crippen LogP contribution >= 0.6 is 11.3 Å². The average Bonchev–Trinajstić information content (AvgIpc) is 2.81. The molecule has 0 aliphatic rings. The van der Waals surface area contributed by atoms with Gasteiger partial charge in [-0.05, 0) is 11.4 Å². The zero-order valence-electron chi connectivity index (χ0n) is 8.93. The summed E-state index contributed by atoms with van der Waals surface area (Å²) >= 11 is 1.43. The topological polar surface area (TPSA) is 81.4 Å². The minimum absolute atomic E-state index is 0.152. The molecule has 1 amide bonds. The first kappa shape index (κ1) is 12.7. The standard InChI is InChI=1S/C10H14N2O3S/c1-15-8(13)4-5-12-10(14)9(11)7-3-2-6-16-7/h2-3,6,9H,4-5,11H2,1H3,(H,12,14). The highest BCUT2D eigenvalue weighted by molar-refractivity contribution is 7.10. The molecule has 3 N–H and O–H groups in total. The van der Waals surface area contributed by atoms with Crippen molar-refractivity contribution in [3.05, 3.63) is 22.4 Å². The van der Waals surface area contributed by atoms with Crippen LogP contribution in [0.3, 0.4) is 0 Å². The van der Waals surface area contributed by atoms with E-state index in [0.717, 1.165) is 4.88 Å². The van der Waals surface area contributed by atoms with E-state index < -0.39 is 6.04 Å². The van der Waals surface area contributed by atoms with Crippen LogP contribution in [0, 0.1) is 0 Å². The summed E-state index contributed by atoms with van der Waals surface area (Å²) in [5.41, 5.74) is 5.71. The lowest BCUT2D eigenvalue weighted by atomic mass is 10.2. The summed E-state index contributed by atoms with van der Waals surface area (Å²) in [6.45, 7) is 0.241. The van der Waals surface area contributed by atoms with Crippen LogP contribution in [-0.4, -0.2) is 25.5 Å². The van der Waals surface area contributed by atoms with Crippen molar-refractivity contribution >= 4 is 23.2 Å². The van der Waals surface area contributed by atoms with Gasteiger partial charge in [-0.3, -0.25) is 9.59 Å². The van der Waals surface area contributed by atoms with Gasteiger partial charge >= 0.3 is 5.97 Å². The van der Waals surface area contributed by atoms with Gasteiger partial charge in [0.2, 0.25) is 5.91 Å². The second-order valence-corrected chi connectivity index (χ2v) is 4.09. The first-order valence-electron chi connectivity index (χ1n) is 4.78. The van der Waals surface area contributed by atoms with E-state index in [0.29, 0.717) is 0 Å². The van der Waals surface area contributed by atoms with Gasteiger partial charge in [0, 0.05) is 11.4 Å². The van der Waals surface area contributed by atoms with Crippen LogP contribution < -0.4 is 11.1 Å². The Bertz CT molecular complexity index is 351. The third-order valence-electron chi connectivity index (χ3n) is 1.99. The van der Waals surface area contributed by atoms with Crippen LogP contribution in [-0.2, 0) is 14.3 Å². The van der Waals surface area contributed by atoms with E-state index in [4.69, 9.17) is 5.73 Å². The number of hydrogen-bond donors (Lipinski definition) is 2. The molecule has 0 saturated heterocycles. The molecule has 0 spiro atoms. The van der Waals surface area contributed by atoms with Gasteiger partial charge in [-0.25, -0.2) is 0 Å². The van der Waals surface area contributed by atoms with E-state index in [1.165, 1.54) is 18.4 Å². The number of hydrogen-bond acceptors (Lipinski definition) is 5.